The van der Waals surface area contributed by atoms with Crippen LogP contribution < -0.4 is 4.90 Å². The van der Waals surface area contributed by atoms with Crippen molar-refractivity contribution in [2.45, 2.75) is 31.7 Å². The van der Waals surface area contributed by atoms with Gasteiger partial charge in [0.05, 0.1) is 10.7 Å². The van der Waals surface area contributed by atoms with Gasteiger partial charge in [-0.1, -0.05) is 11.8 Å². The van der Waals surface area contributed by atoms with Crippen LogP contribution in [-0.4, -0.2) is 44.3 Å². The molecule has 8 heteroatoms. The Labute approximate surface area is 145 Å². The largest absolute Gasteiger partial charge is 0.341 e. The molecule has 0 N–H and O–H groups in total. The molecule has 0 spiro atoms. The number of aromatic nitrogens is 2. The van der Waals surface area contributed by atoms with Gasteiger partial charge in [0.2, 0.25) is 5.95 Å². The maximum atomic E-state index is 10.8. The second-order valence-corrected chi connectivity index (χ2v) is 8.16. The lowest BCUT2D eigenvalue weighted by Crippen LogP contribution is -2.36. The van der Waals surface area contributed by atoms with Crippen LogP contribution in [-0.2, 0) is 14.3 Å². The minimum Gasteiger partial charge on any atom is -0.341 e. The van der Waals surface area contributed by atoms with E-state index in [1.165, 1.54) is 0 Å². The van der Waals surface area contributed by atoms with Crippen LogP contribution in [0.15, 0.2) is 16.9 Å². The van der Waals surface area contributed by atoms with Gasteiger partial charge >= 0.3 is 0 Å². The highest BCUT2D eigenvalue weighted by atomic mass is 79.9. The predicted octanol–water partition coefficient (Wildman–Crippen LogP) is 2.21. The summed E-state index contributed by atoms with van der Waals surface area (Å²) in [6.45, 7) is -0.0641. The summed E-state index contributed by atoms with van der Waals surface area (Å²) in [5.74, 6) is 6.93. The summed E-state index contributed by atoms with van der Waals surface area (Å²) >= 11 is 3.33. The summed E-state index contributed by atoms with van der Waals surface area (Å²) in [7, 11) is -1.39. The van der Waals surface area contributed by atoms with Crippen molar-refractivity contribution in [1.82, 2.24) is 9.97 Å². The minimum atomic E-state index is -3.41. The Hall–Kier alpha value is -1.17. The van der Waals surface area contributed by atoms with Crippen LogP contribution in [0.1, 0.15) is 25.7 Å². The van der Waals surface area contributed by atoms with E-state index < -0.39 is 10.1 Å². The lowest BCUT2D eigenvalue weighted by atomic mass is 9.86. The van der Waals surface area contributed by atoms with Crippen molar-refractivity contribution in [3.63, 3.8) is 0 Å². The highest BCUT2D eigenvalue weighted by molar-refractivity contribution is 9.10. The van der Waals surface area contributed by atoms with Crippen LogP contribution >= 0.6 is 15.9 Å². The third-order valence-electron chi connectivity index (χ3n) is 3.82. The molecule has 1 heterocycles. The van der Waals surface area contributed by atoms with Gasteiger partial charge in [0.15, 0.2) is 0 Å². The first-order valence-electron chi connectivity index (χ1n) is 7.38. The molecule has 1 aliphatic rings. The molecular formula is C15H20BrN3O3S. The van der Waals surface area contributed by atoms with E-state index in [0.717, 1.165) is 42.4 Å². The quantitative estimate of drug-likeness (QED) is 0.568. The minimum absolute atomic E-state index is 0.0641. The highest BCUT2D eigenvalue weighted by Crippen LogP contribution is 2.28. The normalized spacial score (nSPS) is 21.3. The third kappa shape index (κ3) is 6.09. The Bertz CT molecular complexity index is 674. The van der Waals surface area contributed by atoms with E-state index in [4.69, 9.17) is 0 Å². The molecule has 0 unspecified atom stereocenters. The summed E-state index contributed by atoms with van der Waals surface area (Å²) in [6, 6.07) is 0.404. The van der Waals surface area contributed by atoms with Crippen LogP contribution in [0.2, 0.25) is 0 Å². The van der Waals surface area contributed by atoms with Crippen LogP contribution in [0.4, 0.5) is 5.95 Å². The van der Waals surface area contributed by atoms with Crippen molar-refractivity contribution in [2.24, 2.45) is 5.92 Å². The molecule has 0 bridgehead atoms. The van der Waals surface area contributed by atoms with Crippen molar-refractivity contribution < 1.29 is 12.6 Å². The molecule has 1 saturated carbocycles. The molecule has 1 aromatic rings. The van der Waals surface area contributed by atoms with Crippen molar-refractivity contribution in [1.29, 1.82) is 0 Å². The van der Waals surface area contributed by atoms with Crippen LogP contribution in [0.25, 0.3) is 0 Å². The molecule has 126 valence electrons. The van der Waals surface area contributed by atoms with Gasteiger partial charge in [-0.15, -0.1) is 0 Å². The maximum Gasteiger partial charge on any atom is 0.265 e. The number of hydrogen-bond donors (Lipinski definition) is 0. The first-order chi connectivity index (χ1) is 10.8. The zero-order chi connectivity index (χ0) is 16.9. The SMILES string of the molecule is CN(c1ncc(Br)cn1)C1CCC(C#CCOS(C)(=O)=O)CC1. The monoisotopic (exact) mass is 401 g/mol. The Morgan fingerprint density at radius 2 is 1.91 bits per heavy atom. The van der Waals surface area contributed by atoms with Crippen molar-refractivity contribution in [2.75, 3.05) is 24.8 Å². The van der Waals surface area contributed by atoms with Crippen molar-refractivity contribution >= 4 is 32.0 Å². The molecule has 2 rings (SSSR count). The molecule has 0 saturated heterocycles. The number of anilines is 1. The van der Waals surface area contributed by atoms with Crippen LogP contribution in [0, 0.1) is 17.8 Å². The molecule has 0 aromatic carbocycles. The fraction of sp³-hybridized carbons (Fsp3) is 0.600. The van der Waals surface area contributed by atoms with E-state index in [2.05, 4.69) is 46.8 Å². The molecule has 23 heavy (non-hydrogen) atoms. The summed E-state index contributed by atoms with van der Waals surface area (Å²) in [5.41, 5.74) is 0. The molecule has 0 aliphatic heterocycles. The predicted molar refractivity (Wildman–Crippen MR) is 92.5 cm³/mol. The standard InChI is InChI=1S/C15H20BrN3O3S/c1-19(15-17-10-13(16)11-18-15)14-7-5-12(6-8-14)4-3-9-22-23(2,20)21/h10-12,14H,5-9H2,1-2H3. The molecule has 0 radical (unpaired) electrons. The second-order valence-electron chi connectivity index (χ2n) is 5.61. The zero-order valence-corrected chi connectivity index (χ0v) is 15.6. The molecule has 1 fully saturated rings. The molecule has 1 aliphatic carbocycles. The van der Waals surface area contributed by atoms with Gasteiger partial charge in [0.25, 0.3) is 10.1 Å². The average molecular weight is 402 g/mol. The van der Waals surface area contributed by atoms with Gasteiger partial charge in [-0.2, -0.15) is 8.42 Å². The van der Waals surface area contributed by atoms with Crippen molar-refractivity contribution in [3.05, 3.63) is 16.9 Å². The number of nitrogens with zero attached hydrogens (tertiary/aromatic N) is 3. The van der Waals surface area contributed by atoms with Gasteiger partial charge in [-0.3, -0.25) is 4.18 Å². The van der Waals surface area contributed by atoms with E-state index in [-0.39, 0.29) is 6.61 Å². The Morgan fingerprint density at radius 1 is 1.30 bits per heavy atom. The first-order valence-corrected chi connectivity index (χ1v) is 9.99. The van der Waals surface area contributed by atoms with E-state index in [1.54, 1.807) is 12.4 Å². The van der Waals surface area contributed by atoms with Crippen LogP contribution in [0.5, 0.6) is 0 Å². The number of rotatable bonds is 4. The fourth-order valence-electron chi connectivity index (χ4n) is 2.58. The van der Waals surface area contributed by atoms with Gasteiger partial charge in [0.1, 0.15) is 6.61 Å². The Kier molecular flexibility index (Phi) is 6.39. The Morgan fingerprint density at radius 3 is 2.48 bits per heavy atom. The second kappa shape index (κ2) is 8.08. The average Bonchev–Trinajstić information content (AvgIpc) is 2.51. The van der Waals surface area contributed by atoms with E-state index >= 15 is 0 Å². The maximum absolute atomic E-state index is 10.8. The zero-order valence-electron chi connectivity index (χ0n) is 13.2. The molecule has 6 nitrogen and oxygen atoms in total. The van der Waals surface area contributed by atoms with E-state index in [1.807, 2.05) is 7.05 Å². The van der Waals surface area contributed by atoms with Crippen molar-refractivity contribution in [3.8, 4) is 11.8 Å². The summed E-state index contributed by atoms with van der Waals surface area (Å²) in [6.07, 6.45) is 8.52. The lowest BCUT2D eigenvalue weighted by Gasteiger charge is -2.33. The topological polar surface area (TPSA) is 72.4 Å². The first kappa shape index (κ1) is 18.2. The third-order valence-corrected chi connectivity index (χ3v) is 4.77. The van der Waals surface area contributed by atoms with Gasteiger partial charge < -0.3 is 4.90 Å². The molecule has 1 aromatic heterocycles. The Balaban J connectivity index is 1.81. The summed E-state index contributed by atoms with van der Waals surface area (Å²) < 4.78 is 27.2. The lowest BCUT2D eigenvalue weighted by molar-refractivity contribution is 0.362. The molecular weight excluding hydrogens is 382 g/mol. The fourth-order valence-corrected chi connectivity index (χ4v) is 3.06. The number of hydrogen-bond acceptors (Lipinski definition) is 6. The van der Waals surface area contributed by atoms with Gasteiger partial charge in [-0.25, -0.2) is 9.97 Å². The van der Waals surface area contributed by atoms with Gasteiger partial charge in [-0.05, 0) is 41.6 Å². The van der Waals surface area contributed by atoms with E-state index in [0.29, 0.717) is 12.0 Å². The summed E-state index contributed by atoms with van der Waals surface area (Å²) in [5, 5.41) is 0. The van der Waals surface area contributed by atoms with Crippen LogP contribution in [0.3, 0.4) is 0 Å². The smallest absolute Gasteiger partial charge is 0.265 e. The van der Waals surface area contributed by atoms with Gasteiger partial charge in [0, 0.05) is 31.4 Å². The summed E-state index contributed by atoms with van der Waals surface area (Å²) in [4.78, 5) is 10.8. The highest BCUT2D eigenvalue weighted by Gasteiger charge is 2.24. The van der Waals surface area contributed by atoms with E-state index in [9.17, 15) is 8.42 Å². The molecule has 0 amide bonds. The molecule has 0 atom stereocenters. The number of halogens is 1.